The molecule has 4 nitrogen and oxygen atoms in total. The molecule has 0 unspecified atom stereocenters. The average molecular weight is 290 g/mol. The minimum absolute atomic E-state index is 0.221. The summed E-state index contributed by atoms with van der Waals surface area (Å²) in [5.74, 6) is 0.140. The van der Waals surface area contributed by atoms with Crippen molar-refractivity contribution < 1.29 is 9.90 Å². The molecule has 4 heteroatoms. The molecule has 116 valence electrons. The van der Waals surface area contributed by atoms with Crippen LogP contribution in [0.1, 0.15) is 38.2 Å². The lowest BCUT2D eigenvalue weighted by Crippen LogP contribution is -2.32. The Morgan fingerprint density at radius 3 is 2.57 bits per heavy atom. The standard InChI is InChI=1S/C17H26N2O2/c1-14-8-11-19(12-9-14)13-15-4-6-16(7-5-15)18-10-2-3-17(20)21/h4-7,14,18H,2-3,8-13H2,1H3,(H,20,21). The van der Waals surface area contributed by atoms with Gasteiger partial charge in [0.25, 0.3) is 0 Å². The molecule has 1 aliphatic heterocycles. The van der Waals surface area contributed by atoms with E-state index >= 15 is 0 Å². The van der Waals surface area contributed by atoms with Gasteiger partial charge in [0.15, 0.2) is 0 Å². The number of likely N-dealkylation sites (tertiary alicyclic amines) is 1. The van der Waals surface area contributed by atoms with E-state index in [1.54, 1.807) is 0 Å². The van der Waals surface area contributed by atoms with E-state index in [4.69, 9.17) is 5.11 Å². The second-order valence-electron chi connectivity index (χ2n) is 6.08. The fraction of sp³-hybridized carbons (Fsp3) is 0.588. The number of carboxylic acids is 1. The smallest absolute Gasteiger partial charge is 0.303 e. The van der Waals surface area contributed by atoms with Crippen molar-refractivity contribution >= 4 is 11.7 Å². The van der Waals surface area contributed by atoms with Crippen LogP contribution in [-0.2, 0) is 11.3 Å². The molecule has 1 aromatic carbocycles. The van der Waals surface area contributed by atoms with Gasteiger partial charge in [-0.05, 0) is 56.0 Å². The summed E-state index contributed by atoms with van der Waals surface area (Å²) in [6.45, 7) is 6.48. The van der Waals surface area contributed by atoms with Crippen LogP contribution in [0.5, 0.6) is 0 Å². The summed E-state index contributed by atoms with van der Waals surface area (Å²) < 4.78 is 0. The monoisotopic (exact) mass is 290 g/mol. The molecule has 21 heavy (non-hydrogen) atoms. The van der Waals surface area contributed by atoms with Gasteiger partial charge in [-0.1, -0.05) is 19.1 Å². The first-order chi connectivity index (χ1) is 10.1. The van der Waals surface area contributed by atoms with E-state index in [0.29, 0.717) is 13.0 Å². The van der Waals surface area contributed by atoms with Crippen LogP contribution >= 0.6 is 0 Å². The Morgan fingerprint density at radius 1 is 1.29 bits per heavy atom. The fourth-order valence-electron chi connectivity index (χ4n) is 2.68. The Balaban J connectivity index is 1.72. The molecule has 1 aliphatic rings. The van der Waals surface area contributed by atoms with Gasteiger partial charge in [-0.15, -0.1) is 0 Å². The quantitative estimate of drug-likeness (QED) is 0.757. The van der Waals surface area contributed by atoms with Crippen molar-refractivity contribution in [2.24, 2.45) is 5.92 Å². The summed E-state index contributed by atoms with van der Waals surface area (Å²) in [4.78, 5) is 13.0. The van der Waals surface area contributed by atoms with Crippen LogP contribution in [0, 0.1) is 5.92 Å². The topological polar surface area (TPSA) is 52.6 Å². The van der Waals surface area contributed by atoms with E-state index in [1.165, 1.54) is 31.5 Å². The van der Waals surface area contributed by atoms with Crippen LogP contribution in [0.3, 0.4) is 0 Å². The zero-order chi connectivity index (χ0) is 15.1. The van der Waals surface area contributed by atoms with Gasteiger partial charge in [0, 0.05) is 25.2 Å². The molecule has 0 aromatic heterocycles. The molecule has 0 aliphatic carbocycles. The predicted octanol–water partition coefficient (Wildman–Crippen LogP) is 3.20. The van der Waals surface area contributed by atoms with Crippen LogP contribution in [0.15, 0.2) is 24.3 Å². The SMILES string of the molecule is CC1CCN(Cc2ccc(NCCCC(=O)O)cc2)CC1. The number of hydrogen-bond donors (Lipinski definition) is 2. The van der Waals surface area contributed by atoms with Gasteiger partial charge in [0.2, 0.25) is 0 Å². The van der Waals surface area contributed by atoms with Crippen molar-refractivity contribution in [1.29, 1.82) is 0 Å². The van der Waals surface area contributed by atoms with Gasteiger partial charge in [-0.25, -0.2) is 0 Å². The molecule has 0 radical (unpaired) electrons. The second-order valence-corrected chi connectivity index (χ2v) is 6.08. The molecule has 0 spiro atoms. The highest BCUT2D eigenvalue weighted by Crippen LogP contribution is 2.19. The molecule has 1 heterocycles. The molecular weight excluding hydrogens is 264 g/mol. The highest BCUT2D eigenvalue weighted by Gasteiger charge is 2.15. The highest BCUT2D eigenvalue weighted by atomic mass is 16.4. The van der Waals surface area contributed by atoms with Crippen LogP contribution in [0.4, 0.5) is 5.69 Å². The number of anilines is 1. The van der Waals surface area contributed by atoms with Crippen molar-refractivity contribution in [2.45, 2.75) is 39.2 Å². The van der Waals surface area contributed by atoms with Crippen molar-refractivity contribution in [3.63, 3.8) is 0 Å². The van der Waals surface area contributed by atoms with Crippen LogP contribution in [-0.4, -0.2) is 35.6 Å². The first-order valence-electron chi connectivity index (χ1n) is 7.90. The van der Waals surface area contributed by atoms with E-state index in [-0.39, 0.29) is 6.42 Å². The summed E-state index contributed by atoms with van der Waals surface area (Å²) in [5.41, 5.74) is 2.41. The lowest BCUT2D eigenvalue weighted by molar-refractivity contribution is -0.137. The van der Waals surface area contributed by atoms with Gasteiger partial charge in [0.05, 0.1) is 0 Å². The van der Waals surface area contributed by atoms with Gasteiger partial charge >= 0.3 is 5.97 Å². The number of carbonyl (C=O) groups is 1. The number of piperidine rings is 1. The minimum atomic E-state index is -0.733. The van der Waals surface area contributed by atoms with E-state index < -0.39 is 5.97 Å². The lowest BCUT2D eigenvalue weighted by atomic mass is 9.99. The molecule has 0 atom stereocenters. The van der Waals surface area contributed by atoms with Crippen LogP contribution in [0.25, 0.3) is 0 Å². The molecule has 2 rings (SSSR count). The summed E-state index contributed by atoms with van der Waals surface area (Å²) >= 11 is 0. The van der Waals surface area contributed by atoms with E-state index in [2.05, 4.69) is 41.4 Å². The van der Waals surface area contributed by atoms with Crippen molar-refractivity contribution in [3.05, 3.63) is 29.8 Å². The Hall–Kier alpha value is -1.55. The third-order valence-corrected chi connectivity index (χ3v) is 4.13. The normalized spacial score (nSPS) is 16.8. The third-order valence-electron chi connectivity index (χ3n) is 4.13. The molecule has 2 N–H and O–H groups in total. The zero-order valence-electron chi connectivity index (χ0n) is 12.8. The number of hydrogen-bond acceptors (Lipinski definition) is 3. The Morgan fingerprint density at radius 2 is 1.95 bits per heavy atom. The molecular formula is C17H26N2O2. The fourth-order valence-corrected chi connectivity index (χ4v) is 2.68. The maximum atomic E-state index is 10.4. The molecule has 1 aromatic rings. The maximum Gasteiger partial charge on any atom is 0.303 e. The molecule has 0 amide bonds. The summed E-state index contributed by atoms with van der Waals surface area (Å²) in [5, 5.41) is 11.8. The summed E-state index contributed by atoms with van der Waals surface area (Å²) in [6.07, 6.45) is 3.49. The summed E-state index contributed by atoms with van der Waals surface area (Å²) in [6, 6.07) is 8.50. The maximum absolute atomic E-state index is 10.4. The van der Waals surface area contributed by atoms with E-state index in [9.17, 15) is 4.79 Å². The first kappa shape index (κ1) is 15.8. The number of rotatable bonds is 7. The van der Waals surface area contributed by atoms with Gasteiger partial charge in [-0.3, -0.25) is 9.69 Å². The predicted molar refractivity (Wildman–Crippen MR) is 85.5 cm³/mol. The molecule has 0 saturated carbocycles. The Kier molecular flexibility index (Phi) is 6.05. The third kappa shape index (κ3) is 5.76. The lowest BCUT2D eigenvalue weighted by Gasteiger charge is -2.30. The second kappa shape index (κ2) is 8.03. The van der Waals surface area contributed by atoms with Gasteiger partial charge in [0.1, 0.15) is 0 Å². The van der Waals surface area contributed by atoms with Gasteiger partial charge in [-0.2, -0.15) is 0 Å². The van der Waals surface area contributed by atoms with E-state index in [0.717, 1.165) is 18.2 Å². The van der Waals surface area contributed by atoms with Gasteiger partial charge < -0.3 is 10.4 Å². The van der Waals surface area contributed by atoms with Crippen LogP contribution in [0.2, 0.25) is 0 Å². The molecule has 1 saturated heterocycles. The van der Waals surface area contributed by atoms with E-state index in [1.807, 2.05) is 0 Å². The number of nitrogens with one attached hydrogen (secondary N) is 1. The molecule has 0 bridgehead atoms. The minimum Gasteiger partial charge on any atom is -0.481 e. The number of nitrogens with zero attached hydrogens (tertiary/aromatic N) is 1. The van der Waals surface area contributed by atoms with Crippen molar-refractivity contribution in [1.82, 2.24) is 4.90 Å². The highest BCUT2D eigenvalue weighted by molar-refractivity contribution is 5.66. The van der Waals surface area contributed by atoms with Crippen LogP contribution < -0.4 is 5.32 Å². The number of benzene rings is 1. The Bertz CT molecular complexity index is 437. The molecule has 1 fully saturated rings. The number of aliphatic carboxylic acids is 1. The largest absolute Gasteiger partial charge is 0.481 e. The number of carboxylic acid groups (broad SMARTS) is 1. The van der Waals surface area contributed by atoms with Crippen molar-refractivity contribution in [2.75, 3.05) is 25.0 Å². The summed E-state index contributed by atoms with van der Waals surface area (Å²) in [7, 11) is 0. The average Bonchev–Trinajstić information content (AvgIpc) is 2.47. The first-order valence-corrected chi connectivity index (χ1v) is 7.90. The van der Waals surface area contributed by atoms with Crippen molar-refractivity contribution in [3.8, 4) is 0 Å². The Labute approximate surface area is 127 Å². The zero-order valence-corrected chi connectivity index (χ0v) is 12.8.